The summed E-state index contributed by atoms with van der Waals surface area (Å²) in [5.41, 5.74) is 0. The maximum atomic E-state index is 11.4. The largest absolute Gasteiger partial charge is 0.463 e. The van der Waals surface area contributed by atoms with Crippen molar-refractivity contribution < 1.29 is 13.9 Å². The van der Waals surface area contributed by atoms with Crippen LogP contribution in [0, 0.1) is 5.92 Å². The Bertz CT molecular complexity index is 449. The maximum Gasteiger partial charge on any atom is 0.373 e. The van der Waals surface area contributed by atoms with Gasteiger partial charge < -0.3 is 14.5 Å². The van der Waals surface area contributed by atoms with Crippen LogP contribution in [0.5, 0.6) is 0 Å². The molecule has 0 spiro atoms. The van der Waals surface area contributed by atoms with Crippen LogP contribution in [-0.2, 0) is 4.74 Å². The third kappa shape index (κ3) is 4.10. The molecule has 0 bridgehead atoms. The van der Waals surface area contributed by atoms with Crippen LogP contribution in [0.1, 0.15) is 74.7 Å². The van der Waals surface area contributed by atoms with Crippen molar-refractivity contribution in [2.45, 2.75) is 64.5 Å². The van der Waals surface area contributed by atoms with E-state index in [1.54, 1.807) is 6.07 Å². The zero-order chi connectivity index (χ0) is 15.2. The number of nitrogens with one attached hydrogen (secondary N) is 1. The molecule has 0 aliphatic heterocycles. The Morgan fingerprint density at radius 3 is 2.71 bits per heavy atom. The average molecular weight is 293 g/mol. The molecule has 2 rings (SSSR count). The second-order valence-electron chi connectivity index (χ2n) is 5.99. The predicted octanol–water partition coefficient (Wildman–Crippen LogP) is 4.08. The number of rotatable bonds is 6. The number of carbonyl (C=O) groups excluding carboxylic acids is 1. The van der Waals surface area contributed by atoms with Crippen LogP contribution in [-0.4, -0.2) is 19.1 Å². The lowest BCUT2D eigenvalue weighted by atomic mass is 9.82. The first-order chi connectivity index (χ1) is 10.2. The number of hydrogen-bond acceptors (Lipinski definition) is 4. The van der Waals surface area contributed by atoms with E-state index >= 15 is 0 Å². The molecule has 21 heavy (non-hydrogen) atoms. The summed E-state index contributed by atoms with van der Waals surface area (Å²) < 4.78 is 10.3. The number of esters is 1. The standard InChI is InChI=1S/C17H27NO3/c1-4-14(13-8-6-5-7-9-13)18-12(2)15-10-11-16(21-15)17(19)20-3/h10-14,18H,4-9H2,1-3H3. The first kappa shape index (κ1) is 16.1. The molecule has 4 heteroatoms. The molecule has 1 aliphatic carbocycles. The highest BCUT2D eigenvalue weighted by atomic mass is 16.5. The van der Waals surface area contributed by atoms with Crippen LogP contribution in [0.4, 0.5) is 0 Å². The molecule has 0 amide bonds. The van der Waals surface area contributed by atoms with Crippen molar-refractivity contribution in [2.24, 2.45) is 5.92 Å². The lowest BCUT2D eigenvalue weighted by Crippen LogP contribution is -2.38. The average Bonchev–Trinajstić information content (AvgIpc) is 3.02. The van der Waals surface area contributed by atoms with Crippen LogP contribution in [0.3, 0.4) is 0 Å². The molecule has 1 fully saturated rings. The van der Waals surface area contributed by atoms with Gasteiger partial charge in [0.25, 0.3) is 0 Å². The van der Waals surface area contributed by atoms with Crippen LogP contribution in [0.2, 0.25) is 0 Å². The van der Waals surface area contributed by atoms with Crippen molar-refractivity contribution in [2.75, 3.05) is 7.11 Å². The zero-order valence-electron chi connectivity index (χ0n) is 13.4. The third-order valence-corrected chi connectivity index (χ3v) is 4.56. The van der Waals surface area contributed by atoms with Crippen molar-refractivity contribution in [3.63, 3.8) is 0 Å². The summed E-state index contributed by atoms with van der Waals surface area (Å²) >= 11 is 0. The van der Waals surface area contributed by atoms with Crippen molar-refractivity contribution in [1.29, 1.82) is 0 Å². The fourth-order valence-electron chi connectivity index (χ4n) is 3.32. The highest BCUT2D eigenvalue weighted by molar-refractivity contribution is 5.86. The normalized spacial score (nSPS) is 19.2. The summed E-state index contributed by atoms with van der Waals surface area (Å²) in [6.07, 6.45) is 7.85. The molecular weight excluding hydrogens is 266 g/mol. The maximum absolute atomic E-state index is 11.4. The molecule has 0 saturated heterocycles. The van der Waals surface area contributed by atoms with E-state index in [1.807, 2.05) is 6.07 Å². The summed E-state index contributed by atoms with van der Waals surface area (Å²) in [5.74, 6) is 1.41. The summed E-state index contributed by atoms with van der Waals surface area (Å²) in [6, 6.07) is 4.17. The lowest BCUT2D eigenvalue weighted by Gasteiger charge is -2.32. The first-order valence-corrected chi connectivity index (χ1v) is 8.09. The SMILES string of the molecule is CCC(NC(C)c1ccc(C(=O)OC)o1)C1CCCCC1. The van der Waals surface area contributed by atoms with E-state index in [2.05, 4.69) is 23.9 Å². The Hall–Kier alpha value is -1.29. The van der Waals surface area contributed by atoms with E-state index in [9.17, 15) is 4.79 Å². The summed E-state index contributed by atoms with van der Waals surface area (Å²) in [6.45, 7) is 4.33. The highest BCUT2D eigenvalue weighted by Crippen LogP contribution is 2.29. The monoisotopic (exact) mass is 293 g/mol. The topological polar surface area (TPSA) is 51.5 Å². The molecule has 1 aromatic heterocycles. The molecule has 1 aromatic rings. The lowest BCUT2D eigenvalue weighted by molar-refractivity contribution is 0.0562. The fourth-order valence-corrected chi connectivity index (χ4v) is 3.32. The Labute approximate surface area is 127 Å². The van der Waals surface area contributed by atoms with E-state index in [-0.39, 0.29) is 11.8 Å². The Morgan fingerprint density at radius 2 is 2.10 bits per heavy atom. The van der Waals surface area contributed by atoms with Gasteiger partial charge in [-0.05, 0) is 44.2 Å². The third-order valence-electron chi connectivity index (χ3n) is 4.56. The van der Waals surface area contributed by atoms with Gasteiger partial charge in [-0.25, -0.2) is 4.79 Å². The number of methoxy groups -OCH3 is 1. The van der Waals surface area contributed by atoms with E-state index in [0.29, 0.717) is 6.04 Å². The van der Waals surface area contributed by atoms with Crippen molar-refractivity contribution >= 4 is 5.97 Å². The van der Waals surface area contributed by atoms with Crippen LogP contribution in [0.25, 0.3) is 0 Å². The molecule has 2 atom stereocenters. The van der Waals surface area contributed by atoms with Gasteiger partial charge in [-0.15, -0.1) is 0 Å². The molecule has 0 radical (unpaired) electrons. The smallest absolute Gasteiger partial charge is 0.373 e. The van der Waals surface area contributed by atoms with Gasteiger partial charge in [0, 0.05) is 6.04 Å². The van der Waals surface area contributed by atoms with Crippen LogP contribution < -0.4 is 5.32 Å². The van der Waals surface area contributed by atoms with Gasteiger partial charge in [-0.2, -0.15) is 0 Å². The molecular formula is C17H27NO3. The van der Waals surface area contributed by atoms with Gasteiger partial charge in [-0.1, -0.05) is 26.2 Å². The molecule has 1 saturated carbocycles. The predicted molar refractivity (Wildman–Crippen MR) is 82.3 cm³/mol. The zero-order valence-corrected chi connectivity index (χ0v) is 13.4. The van der Waals surface area contributed by atoms with Gasteiger partial charge in [0.1, 0.15) is 5.76 Å². The second-order valence-corrected chi connectivity index (χ2v) is 5.99. The molecule has 1 heterocycles. The minimum Gasteiger partial charge on any atom is -0.463 e. The van der Waals surface area contributed by atoms with Gasteiger partial charge in [0.05, 0.1) is 13.2 Å². The second kappa shape index (κ2) is 7.64. The molecule has 0 aromatic carbocycles. The van der Waals surface area contributed by atoms with Crippen molar-refractivity contribution in [3.05, 3.63) is 23.7 Å². The first-order valence-electron chi connectivity index (χ1n) is 8.09. The van der Waals surface area contributed by atoms with E-state index < -0.39 is 5.97 Å². The molecule has 2 unspecified atom stereocenters. The molecule has 118 valence electrons. The van der Waals surface area contributed by atoms with E-state index in [1.165, 1.54) is 39.2 Å². The van der Waals surface area contributed by atoms with Gasteiger partial charge in [-0.3, -0.25) is 0 Å². The molecule has 4 nitrogen and oxygen atoms in total. The summed E-state index contributed by atoms with van der Waals surface area (Å²) in [7, 11) is 1.36. The molecule has 1 aliphatic rings. The van der Waals surface area contributed by atoms with E-state index in [0.717, 1.165) is 18.1 Å². The Morgan fingerprint density at radius 1 is 1.38 bits per heavy atom. The summed E-state index contributed by atoms with van der Waals surface area (Å²) in [5, 5.41) is 3.68. The van der Waals surface area contributed by atoms with Crippen LogP contribution in [0.15, 0.2) is 16.5 Å². The number of furan rings is 1. The van der Waals surface area contributed by atoms with Crippen molar-refractivity contribution in [3.8, 4) is 0 Å². The number of hydrogen-bond donors (Lipinski definition) is 1. The van der Waals surface area contributed by atoms with Crippen molar-refractivity contribution in [1.82, 2.24) is 5.32 Å². The van der Waals surface area contributed by atoms with E-state index in [4.69, 9.17) is 4.42 Å². The minimum absolute atomic E-state index is 0.107. The molecule has 1 N–H and O–H groups in total. The highest BCUT2D eigenvalue weighted by Gasteiger charge is 2.25. The summed E-state index contributed by atoms with van der Waals surface area (Å²) in [4.78, 5) is 11.4. The number of carbonyl (C=O) groups is 1. The quantitative estimate of drug-likeness (QED) is 0.803. The van der Waals surface area contributed by atoms with Crippen LogP contribution >= 0.6 is 0 Å². The Kier molecular flexibility index (Phi) is 5.85. The number of ether oxygens (including phenoxy) is 1. The van der Waals surface area contributed by atoms with Gasteiger partial charge >= 0.3 is 5.97 Å². The fraction of sp³-hybridized carbons (Fsp3) is 0.706. The Balaban J connectivity index is 1.96. The van der Waals surface area contributed by atoms with Gasteiger partial charge in [0.2, 0.25) is 5.76 Å². The minimum atomic E-state index is -0.423. The van der Waals surface area contributed by atoms with Gasteiger partial charge in [0.15, 0.2) is 0 Å².